The van der Waals surface area contributed by atoms with Crippen LogP contribution in [0, 0.1) is 5.92 Å². The van der Waals surface area contributed by atoms with Crippen LogP contribution in [0.15, 0.2) is 12.4 Å². The lowest BCUT2D eigenvalue weighted by molar-refractivity contribution is 0.382. The van der Waals surface area contributed by atoms with E-state index in [9.17, 15) is 0 Å². The fraction of sp³-hybridized carbons (Fsp3) is 0.769. The quantitative estimate of drug-likeness (QED) is 0.798. The molecular formula is C13H23N3. The average molecular weight is 221 g/mol. The SMILES string of the molecule is CCn1cc(C(N)C2CCCCCC2)cn1. The summed E-state index contributed by atoms with van der Waals surface area (Å²) in [6.07, 6.45) is 12.1. The predicted octanol–water partition coefficient (Wildman–Crippen LogP) is 2.87. The molecule has 3 heteroatoms. The van der Waals surface area contributed by atoms with Crippen molar-refractivity contribution in [2.45, 2.75) is 58.0 Å². The summed E-state index contributed by atoms with van der Waals surface area (Å²) in [6, 6.07) is 0.193. The highest BCUT2D eigenvalue weighted by molar-refractivity contribution is 5.11. The molecule has 1 atom stereocenters. The van der Waals surface area contributed by atoms with Gasteiger partial charge in [0.1, 0.15) is 0 Å². The Labute approximate surface area is 98.0 Å². The molecule has 3 nitrogen and oxygen atoms in total. The van der Waals surface area contributed by atoms with Crippen LogP contribution >= 0.6 is 0 Å². The van der Waals surface area contributed by atoms with Crippen molar-refractivity contribution in [3.8, 4) is 0 Å². The van der Waals surface area contributed by atoms with Crippen LogP contribution in [0.2, 0.25) is 0 Å². The molecule has 16 heavy (non-hydrogen) atoms. The predicted molar refractivity (Wildman–Crippen MR) is 66.0 cm³/mol. The third kappa shape index (κ3) is 2.64. The van der Waals surface area contributed by atoms with Crippen molar-refractivity contribution >= 4 is 0 Å². The Bertz CT molecular complexity index is 311. The van der Waals surface area contributed by atoms with Crippen LogP contribution in [0.4, 0.5) is 0 Å². The molecule has 0 spiro atoms. The van der Waals surface area contributed by atoms with Crippen molar-refractivity contribution in [2.75, 3.05) is 0 Å². The van der Waals surface area contributed by atoms with Gasteiger partial charge in [0.25, 0.3) is 0 Å². The molecule has 0 amide bonds. The van der Waals surface area contributed by atoms with Gasteiger partial charge in [-0.25, -0.2) is 0 Å². The maximum absolute atomic E-state index is 6.35. The number of aromatic nitrogens is 2. The molecule has 2 N–H and O–H groups in total. The Morgan fingerprint density at radius 1 is 1.38 bits per heavy atom. The first kappa shape index (κ1) is 11.6. The third-order valence-corrected chi connectivity index (χ3v) is 3.77. The second-order valence-electron chi connectivity index (χ2n) is 4.91. The van der Waals surface area contributed by atoms with Gasteiger partial charge in [-0.15, -0.1) is 0 Å². The molecule has 1 aromatic heterocycles. The maximum Gasteiger partial charge on any atom is 0.0537 e. The zero-order valence-electron chi connectivity index (χ0n) is 10.2. The average Bonchev–Trinajstić information content (AvgIpc) is 2.62. The first-order valence-electron chi connectivity index (χ1n) is 6.59. The fourth-order valence-electron chi connectivity index (χ4n) is 2.67. The lowest BCUT2D eigenvalue weighted by atomic mass is 9.89. The highest BCUT2D eigenvalue weighted by Crippen LogP contribution is 2.31. The first-order chi connectivity index (χ1) is 7.81. The van der Waals surface area contributed by atoms with Gasteiger partial charge < -0.3 is 5.73 Å². The summed E-state index contributed by atoms with van der Waals surface area (Å²) in [6.45, 7) is 3.03. The van der Waals surface area contributed by atoms with Gasteiger partial charge >= 0.3 is 0 Å². The van der Waals surface area contributed by atoms with Gasteiger partial charge in [0.05, 0.1) is 6.20 Å². The zero-order chi connectivity index (χ0) is 11.4. The highest BCUT2D eigenvalue weighted by Gasteiger charge is 2.21. The molecule has 0 aliphatic heterocycles. The van der Waals surface area contributed by atoms with Crippen molar-refractivity contribution in [3.63, 3.8) is 0 Å². The summed E-state index contributed by atoms with van der Waals surface area (Å²) in [5.74, 6) is 0.664. The second-order valence-corrected chi connectivity index (χ2v) is 4.91. The van der Waals surface area contributed by atoms with Crippen LogP contribution in [-0.4, -0.2) is 9.78 Å². The zero-order valence-corrected chi connectivity index (χ0v) is 10.2. The molecule has 0 radical (unpaired) electrons. The van der Waals surface area contributed by atoms with Crippen LogP contribution in [0.3, 0.4) is 0 Å². The van der Waals surface area contributed by atoms with E-state index in [0.29, 0.717) is 5.92 Å². The standard InChI is InChI=1S/C13H23N3/c1-2-16-10-12(9-15-16)13(14)11-7-5-3-4-6-8-11/h9-11,13H,2-8,14H2,1H3. The van der Waals surface area contributed by atoms with Crippen molar-refractivity contribution in [3.05, 3.63) is 18.0 Å². The molecular weight excluding hydrogens is 198 g/mol. The molecule has 1 heterocycles. The monoisotopic (exact) mass is 221 g/mol. The molecule has 2 rings (SSSR count). The number of nitrogens with zero attached hydrogens (tertiary/aromatic N) is 2. The second kappa shape index (κ2) is 5.48. The molecule has 0 saturated heterocycles. The van der Waals surface area contributed by atoms with Gasteiger partial charge in [0.15, 0.2) is 0 Å². The minimum absolute atomic E-state index is 0.193. The van der Waals surface area contributed by atoms with Gasteiger partial charge in [0.2, 0.25) is 0 Å². The van der Waals surface area contributed by atoms with E-state index in [1.807, 2.05) is 10.9 Å². The molecule has 1 aliphatic carbocycles. The normalized spacial score (nSPS) is 20.6. The Kier molecular flexibility index (Phi) is 3.99. The van der Waals surface area contributed by atoms with E-state index in [1.165, 1.54) is 44.1 Å². The summed E-state index contributed by atoms with van der Waals surface area (Å²) in [4.78, 5) is 0. The number of rotatable bonds is 3. The number of aryl methyl sites for hydroxylation is 1. The van der Waals surface area contributed by atoms with Crippen LogP contribution in [0.25, 0.3) is 0 Å². The molecule has 1 saturated carbocycles. The van der Waals surface area contributed by atoms with Crippen LogP contribution in [-0.2, 0) is 6.54 Å². The van der Waals surface area contributed by atoms with E-state index in [0.717, 1.165) is 6.54 Å². The Morgan fingerprint density at radius 3 is 2.62 bits per heavy atom. The summed E-state index contributed by atoms with van der Waals surface area (Å²) in [5.41, 5.74) is 7.57. The third-order valence-electron chi connectivity index (χ3n) is 3.77. The van der Waals surface area contributed by atoms with Crippen molar-refractivity contribution in [1.29, 1.82) is 0 Å². The van der Waals surface area contributed by atoms with Crippen LogP contribution < -0.4 is 5.73 Å². The Hall–Kier alpha value is -0.830. The van der Waals surface area contributed by atoms with E-state index >= 15 is 0 Å². The largest absolute Gasteiger partial charge is 0.324 e. The van der Waals surface area contributed by atoms with E-state index in [2.05, 4.69) is 18.2 Å². The van der Waals surface area contributed by atoms with E-state index in [4.69, 9.17) is 5.73 Å². The van der Waals surface area contributed by atoms with E-state index in [1.54, 1.807) is 0 Å². The van der Waals surface area contributed by atoms with Gasteiger partial charge in [-0.1, -0.05) is 25.7 Å². The Balaban J connectivity index is 2.01. The minimum atomic E-state index is 0.193. The lowest BCUT2D eigenvalue weighted by Crippen LogP contribution is -2.20. The molecule has 0 aromatic carbocycles. The van der Waals surface area contributed by atoms with E-state index < -0.39 is 0 Å². The lowest BCUT2D eigenvalue weighted by Gasteiger charge is -2.21. The van der Waals surface area contributed by atoms with Crippen molar-refractivity contribution < 1.29 is 0 Å². The molecule has 1 unspecified atom stereocenters. The van der Waals surface area contributed by atoms with Crippen molar-refractivity contribution in [2.24, 2.45) is 11.7 Å². The van der Waals surface area contributed by atoms with Gasteiger partial charge in [-0.05, 0) is 25.7 Å². The molecule has 1 aliphatic rings. The minimum Gasteiger partial charge on any atom is -0.324 e. The summed E-state index contributed by atoms with van der Waals surface area (Å²) in [7, 11) is 0. The summed E-state index contributed by atoms with van der Waals surface area (Å²) >= 11 is 0. The van der Waals surface area contributed by atoms with Crippen LogP contribution in [0.1, 0.15) is 57.1 Å². The van der Waals surface area contributed by atoms with Gasteiger partial charge in [-0.3, -0.25) is 4.68 Å². The summed E-state index contributed by atoms with van der Waals surface area (Å²) < 4.78 is 1.96. The molecule has 90 valence electrons. The smallest absolute Gasteiger partial charge is 0.0537 e. The van der Waals surface area contributed by atoms with Gasteiger partial charge in [-0.2, -0.15) is 5.10 Å². The molecule has 1 aromatic rings. The van der Waals surface area contributed by atoms with E-state index in [-0.39, 0.29) is 6.04 Å². The maximum atomic E-state index is 6.35. The molecule has 0 bridgehead atoms. The van der Waals surface area contributed by atoms with Crippen LogP contribution in [0.5, 0.6) is 0 Å². The summed E-state index contributed by atoms with van der Waals surface area (Å²) in [5, 5.41) is 4.31. The highest BCUT2D eigenvalue weighted by atomic mass is 15.3. The van der Waals surface area contributed by atoms with Crippen molar-refractivity contribution in [1.82, 2.24) is 9.78 Å². The molecule has 1 fully saturated rings. The number of nitrogens with two attached hydrogens (primary N) is 1. The number of hydrogen-bond donors (Lipinski definition) is 1. The fourth-order valence-corrected chi connectivity index (χ4v) is 2.67. The van der Waals surface area contributed by atoms with Gasteiger partial charge in [0, 0.05) is 24.3 Å². The topological polar surface area (TPSA) is 43.8 Å². The Morgan fingerprint density at radius 2 is 2.06 bits per heavy atom. The number of hydrogen-bond acceptors (Lipinski definition) is 2. The first-order valence-corrected chi connectivity index (χ1v) is 6.59.